The second kappa shape index (κ2) is 13.3. The number of carbonyl (C=O) groups excluding carboxylic acids is 2. The summed E-state index contributed by atoms with van der Waals surface area (Å²) in [5, 5.41) is 6.12. The van der Waals surface area contributed by atoms with Crippen LogP contribution in [0.5, 0.6) is 5.75 Å². The molecule has 0 aliphatic rings. The molecular weight excluding hydrogens is 624 g/mol. The Labute approximate surface area is 268 Å². The molecule has 0 aliphatic heterocycles. The lowest BCUT2D eigenvalue weighted by atomic mass is 9.92. The summed E-state index contributed by atoms with van der Waals surface area (Å²) in [5.41, 5.74) is 5.45. The highest BCUT2D eigenvalue weighted by Crippen LogP contribution is 2.42. The first-order valence-electron chi connectivity index (χ1n) is 13.7. The number of carbonyl (C=O) groups is 2. The van der Waals surface area contributed by atoms with Crippen molar-refractivity contribution in [2.45, 2.75) is 20.4 Å². The normalized spacial score (nSPS) is 11.4. The Bertz CT molecular complexity index is 1940. The van der Waals surface area contributed by atoms with Gasteiger partial charge in [0.05, 0.1) is 28.3 Å². The van der Waals surface area contributed by atoms with E-state index < -0.39 is 34.3 Å². The van der Waals surface area contributed by atoms with Crippen LogP contribution < -0.4 is 32.4 Å². The molecule has 4 rings (SSSR count). The molecule has 13 heteroatoms. The molecule has 0 aliphatic carbocycles. The van der Waals surface area contributed by atoms with Crippen LogP contribution in [0.15, 0.2) is 64.3 Å². The van der Waals surface area contributed by atoms with Crippen LogP contribution in [0, 0.1) is 11.2 Å². The van der Waals surface area contributed by atoms with E-state index in [9.17, 15) is 19.2 Å². The Morgan fingerprint density at radius 3 is 2.27 bits per heavy atom. The highest BCUT2D eigenvalue weighted by atomic mass is 35.5. The number of ether oxygens (including phenoxy) is 1. The average Bonchev–Trinajstić information content (AvgIpc) is 2.99. The van der Waals surface area contributed by atoms with Gasteiger partial charge in [0.25, 0.3) is 11.5 Å². The molecule has 3 aromatic carbocycles. The molecule has 4 N–H and O–H groups in total. The van der Waals surface area contributed by atoms with Crippen molar-refractivity contribution in [3.05, 3.63) is 103 Å². The maximum Gasteiger partial charge on any atom is 0.330 e. The second-order valence-electron chi connectivity index (χ2n) is 11.1. The van der Waals surface area contributed by atoms with Crippen molar-refractivity contribution in [2.75, 3.05) is 19.0 Å². The smallest absolute Gasteiger partial charge is 0.330 e. The summed E-state index contributed by atoms with van der Waals surface area (Å²) >= 11 is 13.6. The fourth-order valence-corrected chi connectivity index (χ4v) is 5.27. The first-order chi connectivity index (χ1) is 21.2. The molecule has 0 fully saturated rings. The van der Waals surface area contributed by atoms with E-state index >= 15 is 4.39 Å². The summed E-state index contributed by atoms with van der Waals surface area (Å²) in [6, 6.07) is 13.1. The topological polar surface area (TPSA) is 137 Å². The van der Waals surface area contributed by atoms with Crippen molar-refractivity contribution in [1.29, 1.82) is 0 Å². The predicted octanol–water partition coefficient (Wildman–Crippen LogP) is 4.73. The fourth-order valence-electron chi connectivity index (χ4n) is 4.66. The van der Waals surface area contributed by atoms with Crippen LogP contribution in [-0.4, -0.2) is 34.6 Å². The summed E-state index contributed by atoms with van der Waals surface area (Å²) in [6.07, 6.45) is 1.16. The Morgan fingerprint density at radius 1 is 1.00 bits per heavy atom. The number of nitrogens with zero attached hydrogens (tertiary/aromatic N) is 2. The highest BCUT2D eigenvalue weighted by Gasteiger charge is 2.25. The van der Waals surface area contributed by atoms with Crippen molar-refractivity contribution < 1.29 is 18.7 Å². The van der Waals surface area contributed by atoms with Crippen molar-refractivity contribution >= 4 is 40.7 Å². The van der Waals surface area contributed by atoms with Gasteiger partial charge in [-0.05, 0) is 37.6 Å². The molecule has 4 aromatic rings. The molecule has 0 unspecified atom stereocenters. The number of methoxy groups -OCH3 is 1. The highest BCUT2D eigenvalue weighted by molar-refractivity contribution is 6.39. The number of halogens is 3. The summed E-state index contributed by atoms with van der Waals surface area (Å²) in [7, 11) is 4.14. The van der Waals surface area contributed by atoms with Crippen molar-refractivity contribution in [3.63, 3.8) is 0 Å². The van der Waals surface area contributed by atoms with E-state index in [1.165, 1.54) is 27.3 Å². The minimum atomic E-state index is -0.822. The third kappa shape index (κ3) is 6.80. The predicted molar refractivity (Wildman–Crippen MR) is 173 cm³/mol. The Kier molecular flexibility index (Phi) is 9.86. The minimum absolute atomic E-state index is 0.0965. The summed E-state index contributed by atoms with van der Waals surface area (Å²) in [5.74, 6) is -1.48. The number of amides is 2. The number of aromatic nitrogens is 2. The molecule has 1 heterocycles. The van der Waals surface area contributed by atoms with Crippen molar-refractivity contribution in [1.82, 2.24) is 14.5 Å². The van der Waals surface area contributed by atoms with Crippen molar-refractivity contribution in [2.24, 2.45) is 25.2 Å². The number of aryl methyl sites for hydroxylation is 1. The molecule has 0 saturated heterocycles. The lowest BCUT2D eigenvalue weighted by Crippen LogP contribution is -2.40. The van der Waals surface area contributed by atoms with Gasteiger partial charge in [0.2, 0.25) is 5.91 Å². The zero-order valence-electron chi connectivity index (χ0n) is 25.3. The van der Waals surface area contributed by atoms with E-state index in [1.807, 2.05) is 0 Å². The largest absolute Gasteiger partial charge is 0.496 e. The summed E-state index contributed by atoms with van der Waals surface area (Å²) in [6.45, 7) is 3.72. The number of hydrogen-bond acceptors (Lipinski definition) is 6. The third-order valence-electron chi connectivity index (χ3n) is 7.45. The standard InChI is InChI=1S/C32H32Cl2FN5O5/c1-32(2,30(36)43)16-37-14-21-23(35)12-17(13-25(21)45-5)18-8-6-9-19(26(18)33)20-10-7-11-24(27(20)34)38-28(41)22-15-39(3)31(44)40(4)29(22)42/h6-13,15,37H,14,16H2,1-5H3,(H2,36,43)(H,38,41). The zero-order valence-corrected chi connectivity index (χ0v) is 26.8. The summed E-state index contributed by atoms with van der Waals surface area (Å²) < 4.78 is 22.9. The number of nitrogens with one attached hydrogen (secondary N) is 2. The second-order valence-corrected chi connectivity index (χ2v) is 11.8. The van der Waals surface area contributed by atoms with Gasteiger partial charge in [0.15, 0.2) is 0 Å². The van der Waals surface area contributed by atoms with Crippen LogP contribution in [-0.2, 0) is 25.4 Å². The number of nitrogens with two attached hydrogens (primary N) is 1. The monoisotopic (exact) mass is 655 g/mol. The zero-order chi connectivity index (χ0) is 33.2. The molecule has 2 amide bonds. The lowest BCUT2D eigenvalue weighted by Gasteiger charge is -2.21. The van der Waals surface area contributed by atoms with Gasteiger partial charge in [-0.3, -0.25) is 19.0 Å². The summed E-state index contributed by atoms with van der Waals surface area (Å²) in [4.78, 5) is 49.2. The Morgan fingerprint density at radius 2 is 1.62 bits per heavy atom. The van der Waals surface area contributed by atoms with E-state index in [0.717, 1.165) is 15.3 Å². The molecule has 10 nitrogen and oxygen atoms in total. The van der Waals surface area contributed by atoms with Crippen LogP contribution in [0.3, 0.4) is 0 Å². The molecule has 0 atom stereocenters. The van der Waals surface area contributed by atoms with Crippen LogP contribution in [0.1, 0.15) is 29.8 Å². The molecule has 0 bridgehead atoms. The minimum Gasteiger partial charge on any atom is -0.496 e. The average molecular weight is 657 g/mol. The number of anilines is 1. The fraction of sp³-hybridized carbons (Fsp3) is 0.250. The van der Waals surface area contributed by atoms with Crippen LogP contribution >= 0.6 is 23.2 Å². The number of benzene rings is 3. The molecular formula is C32H32Cl2FN5O5. The number of rotatable bonds is 10. The van der Waals surface area contributed by atoms with E-state index in [0.29, 0.717) is 22.3 Å². The van der Waals surface area contributed by atoms with Gasteiger partial charge < -0.3 is 25.7 Å². The maximum absolute atomic E-state index is 15.4. The van der Waals surface area contributed by atoms with Gasteiger partial charge >= 0.3 is 5.69 Å². The Hall–Kier alpha value is -4.45. The van der Waals surface area contributed by atoms with Gasteiger partial charge in [-0.25, -0.2) is 9.18 Å². The molecule has 0 radical (unpaired) electrons. The van der Waals surface area contributed by atoms with Crippen LogP contribution in [0.25, 0.3) is 22.3 Å². The van der Waals surface area contributed by atoms with Crippen molar-refractivity contribution in [3.8, 4) is 28.0 Å². The molecule has 0 spiro atoms. The van der Waals surface area contributed by atoms with Gasteiger partial charge in [0, 0.05) is 55.6 Å². The Balaban J connectivity index is 1.67. The van der Waals surface area contributed by atoms with Gasteiger partial charge in [-0.15, -0.1) is 0 Å². The third-order valence-corrected chi connectivity index (χ3v) is 8.26. The molecule has 236 valence electrons. The number of hydrogen-bond donors (Lipinski definition) is 3. The van der Waals surface area contributed by atoms with Crippen LogP contribution in [0.4, 0.5) is 10.1 Å². The van der Waals surface area contributed by atoms with Gasteiger partial charge in [-0.2, -0.15) is 0 Å². The van der Waals surface area contributed by atoms with Crippen LogP contribution in [0.2, 0.25) is 10.0 Å². The molecule has 45 heavy (non-hydrogen) atoms. The van der Waals surface area contributed by atoms with E-state index in [1.54, 1.807) is 56.3 Å². The van der Waals surface area contributed by atoms with Gasteiger partial charge in [-0.1, -0.05) is 53.5 Å². The van der Waals surface area contributed by atoms with E-state index in [2.05, 4.69) is 10.6 Å². The number of primary amides is 1. The van der Waals surface area contributed by atoms with E-state index in [-0.39, 0.29) is 45.7 Å². The first-order valence-corrected chi connectivity index (χ1v) is 14.5. The van der Waals surface area contributed by atoms with Gasteiger partial charge in [0.1, 0.15) is 17.1 Å². The van der Waals surface area contributed by atoms with E-state index in [4.69, 9.17) is 33.7 Å². The SMILES string of the molecule is COc1cc(-c2cccc(-c3cccc(NC(=O)c4cn(C)c(=O)n(C)c4=O)c3Cl)c2Cl)cc(F)c1CNCC(C)(C)C(N)=O. The molecule has 1 aromatic heterocycles. The lowest BCUT2D eigenvalue weighted by molar-refractivity contribution is -0.125. The maximum atomic E-state index is 15.4. The molecule has 0 saturated carbocycles. The first kappa shape index (κ1) is 33.4. The quantitative estimate of drug-likeness (QED) is 0.226.